The maximum atomic E-state index is 13.1. The number of aryl methyl sites for hydroxylation is 1. The van der Waals surface area contributed by atoms with Crippen LogP contribution in [0.15, 0.2) is 41.0 Å². The first-order valence-corrected chi connectivity index (χ1v) is 11.1. The first-order chi connectivity index (χ1) is 16.2. The molecule has 1 saturated heterocycles. The maximum absolute atomic E-state index is 13.1. The van der Waals surface area contributed by atoms with Crippen LogP contribution in [0.3, 0.4) is 0 Å². The van der Waals surface area contributed by atoms with E-state index in [-0.39, 0.29) is 27.8 Å². The highest BCUT2D eigenvalue weighted by Gasteiger charge is 2.45. The molecule has 3 aromatic rings. The van der Waals surface area contributed by atoms with Gasteiger partial charge in [-0.05, 0) is 36.2 Å². The van der Waals surface area contributed by atoms with Crippen LogP contribution in [0.4, 0.5) is 0 Å². The Bertz CT molecular complexity index is 1190. The second-order valence-corrected chi connectivity index (χ2v) is 8.74. The number of hydrogen-bond acceptors (Lipinski definition) is 9. The lowest BCUT2D eigenvalue weighted by molar-refractivity contribution is -0.277. The predicted octanol–water partition coefficient (Wildman–Crippen LogP) is 2.44. The van der Waals surface area contributed by atoms with Crippen molar-refractivity contribution in [3.8, 4) is 11.5 Å². The smallest absolute Gasteiger partial charge is 0.229 e. The molecule has 11 heteroatoms. The molecule has 5 atom stereocenters. The highest BCUT2D eigenvalue weighted by atomic mass is 35.5. The van der Waals surface area contributed by atoms with E-state index in [0.29, 0.717) is 12.0 Å². The van der Waals surface area contributed by atoms with Crippen molar-refractivity contribution in [3.05, 3.63) is 57.8 Å². The SMILES string of the molecule is O=C(CCc1ccc2occc2c1)c1c(O)c(Cl)cc(Cl)c1O[C@@H]1O[C@H](CO)[C@@H](O)[C@H](O)[C@H]1O. The average molecular weight is 513 g/mol. The Morgan fingerprint density at radius 3 is 2.53 bits per heavy atom. The topological polar surface area (TPSA) is 150 Å². The van der Waals surface area contributed by atoms with E-state index in [1.165, 1.54) is 0 Å². The third-order valence-corrected chi connectivity index (χ3v) is 6.25. The molecule has 2 aromatic carbocycles. The molecular weight excluding hydrogens is 491 g/mol. The lowest BCUT2D eigenvalue weighted by atomic mass is 9.98. The highest BCUT2D eigenvalue weighted by Crippen LogP contribution is 2.42. The van der Waals surface area contributed by atoms with Gasteiger partial charge in [0, 0.05) is 11.8 Å². The van der Waals surface area contributed by atoms with Crippen molar-refractivity contribution < 1.29 is 44.2 Å². The maximum Gasteiger partial charge on any atom is 0.229 e. The van der Waals surface area contributed by atoms with E-state index < -0.39 is 48.8 Å². The predicted molar refractivity (Wildman–Crippen MR) is 121 cm³/mol. The molecule has 2 heterocycles. The number of rotatable bonds is 7. The van der Waals surface area contributed by atoms with E-state index in [1.807, 2.05) is 12.1 Å². The fourth-order valence-corrected chi connectivity index (χ4v) is 4.31. The summed E-state index contributed by atoms with van der Waals surface area (Å²) < 4.78 is 16.2. The first-order valence-electron chi connectivity index (χ1n) is 10.4. The van der Waals surface area contributed by atoms with Gasteiger partial charge in [-0.25, -0.2) is 0 Å². The number of fused-ring (bicyclic) bond motifs is 1. The van der Waals surface area contributed by atoms with Gasteiger partial charge in [-0.3, -0.25) is 4.79 Å². The molecule has 9 nitrogen and oxygen atoms in total. The number of hydrogen-bond donors (Lipinski definition) is 5. The third kappa shape index (κ3) is 4.73. The second-order valence-electron chi connectivity index (χ2n) is 7.92. The van der Waals surface area contributed by atoms with Crippen molar-refractivity contribution in [1.82, 2.24) is 0 Å². The van der Waals surface area contributed by atoms with Crippen molar-refractivity contribution >= 4 is 40.0 Å². The molecule has 34 heavy (non-hydrogen) atoms. The minimum atomic E-state index is -1.74. The van der Waals surface area contributed by atoms with E-state index in [0.717, 1.165) is 17.0 Å². The standard InChI is InChI=1S/C23H22Cl2O9/c24-12-8-13(25)22(34-23-21(31)20(30)19(29)16(9-26)33-23)17(18(12)28)14(27)3-1-10-2-4-15-11(7-10)5-6-32-15/h2,4-8,16,19-21,23,26,28-31H,1,3,9H2/t16-,19-,20+,21-,23+/m1/s1. The van der Waals surface area contributed by atoms with Crippen LogP contribution in [-0.4, -0.2) is 68.6 Å². The number of aliphatic hydroxyl groups is 4. The van der Waals surface area contributed by atoms with E-state index in [1.54, 1.807) is 18.4 Å². The number of carbonyl (C=O) groups is 1. The normalized spacial score (nSPS) is 24.9. The Balaban J connectivity index is 1.60. The summed E-state index contributed by atoms with van der Waals surface area (Å²) in [6.07, 6.45) is -6.04. The van der Waals surface area contributed by atoms with Gasteiger partial charge in [0.1, 0.15) is 41.3 Å². The van der Waals surface area contributed by atoms with Crippen LogP contribution < -0.4 is 4.74 Å². The van der Waals surface area contributed by atoms with Crippen molar-refractivity contribution in [3.63, 3.8) is 0 Å². The molecule has 0 amide bonds. The van der Waals surface area contributed by atoms with Crippen molar-refractivity contribution in [2.75, 3.05) is 6.61 Å². The van der Waals surface area contributed by atoms with E-state index >= 15 is 0 Å². The van der Waals surface area contributed by atoms with Gasteiger partial charge in [0.15, 0.2) is 11.5 Å². The van der Waals surface area contributed by atoms with Gasteiger partial charge in [0.2, 0.25) is 6.29 Å². The summed E-state index contributed by atoms with van der Waals surface area (Å²) >= 11 is 12.3. The monoisotopic (exact) mass is 512 g/mol. The lowest BCUT2D eigenvalue weighted by Gasteiger charge is -2.39. The van der Waals surface area contributed by atoms with Gasteiger partial charge in [-0.2, -0.15) is 0 Å². The summed E-state index contributed by atoms with van der Waals surface area (Å²) in [7, 11) is 0. The molecule has 0 bridgehead atoms. The molecule has 182 valence electrons. The number of benzene rings is 2. The Hall–Kier alpha value is -2.37. The number of ether oxygens (including phenoxy) is 2. The van der Waals surface area contributed by atoms with Crippen LogP contribution in [0, 0.1) is 0 Å². The molecule has 0 saturated carbocycles. The number of aliphatic hydroxyl groups excluding tert-OH is 4. The van der Waals surface area contributed by atoms with E-state index in [2.05, 4.69) is 0 Å². The van der Waals surface area contributed by atoms with Crippen LogP contribution in [0.5, 0.6) is 11.5 Å². The number of aromatic hydroxyl groups is 1. The largest absolute Gasteiger partial charge is 0.505 e. The Kier molecular flexibility index (Phi) is 7.34. The quantitative estimate of drug-likeness (QED) is 0.300. The molecule has 1 aliphatic rings. The second kappa shape index (κ2) is 10.1. The van der Waals surface area contributed by atoms with Crippen LogP contribution in [0.25, 0.3) is 11.0 Å². The zero-order chi connectivity index (χ0) is 24.6. The Morgan fingerprint density at radius 2 is 1.79 bits per heavy atom. The van der Waals surface area contributed by atoms with Gasteiger partial charge >= 0.3 is 0 Å². The summed E-state index contributed by atoms with van der Waals surface area (Å²) in [6, 6.07) is 8.44. The number of Topliss-reactive ketones (excluding diaryl/α,β-unsaturated/α-hetero) is 1. The van der Waals surface area contributed by atoms with Crippen LogP contribution >= 0.6 is 23.2 Å². The van der Waals surface area contributed by atoms with Crippen LogP contribution in [0.1, 0.15) is 22.3 Å². The molecule has 0 aliphatic carbocycles. The zero-order valence-electron chi connectivity index (χ0n) is 17.6. The molecule has 1 aliphatic heterocycles. The molecule has 0 spiro atoms. The molecule has 4 rings (SSSR count). The minimum Gasteiger partial charge on any atom is -0.505 e. The summed E-state index contributed by atoms with van der Waals surface area (Å²) in [5.74, 6) is -1.43. The van der Waals surface area contributed by atoms with Crippen molar-refractivity contribution in [2.24, 2.45) is 0 Å². The van der Waals surface area contributed by atoms with Gasteiger partial charge in [0.25, 0.3) is 0 Å². The summed E-state index contributed by atoms with van der Waals surface area (Å²) in [6.45, 7) is -0.669. The van der Waals surface area contributed by atoms with Gasteiger partial charge in [-0.1, -0.05) is 29.3 Å². The van der Waals surface area contributed by atoms with Crippen molar-refractivity contribution in [2.45, 2.75) is 43.5 Å². The van der Waals surface area contributed by atoms with Crippen LogP contribution in [-0.2, 0) is 11.2 Å². The zero-order valence-corrected chi connectivity index (χ0v) is 19.1. The van der Waals surface area contributed by atoms with Gasteiger partial charge in [0.05, 0.1) is 22.9 Å². The highest BCUT2D eigenvalue weighted by molar-refractivity contribution is 6.37. The molecule has 0 unspecified atom stereocenters. The number of carbonyl (C=O) groups excluding carboxylic acids is 1. The summed E-state index contributed by atoms with van der Waals surface area (Å²) in [5.41, 5.74) is 1.25. The molecule has 5 N–H and O–H groups in total. The number of ketones is 1. The fraction of sp³-hybridized carbons (Fsp3) is 0.348. The number of phenols is 1. The third-order valence-electron chi connectivity index (χ3n) is 5.68. The Morgan fingerprint density at radius 1 is 1.03 bits per heavy atom. The van der Waals surface area contributed by atoms with E-state index in [4.69, 9.17) is 37.1 Å². The minimum absolute atomic E-state index is 0.0430. The average Bonchev–Trinajstić information content (AvgIpc) is 3.29. The number of furan rings is 1. The molecule has 1 fully saturated rings. The van der Waals surface area contributed by atoms with Crippen molar-refractivity contribution in [1.29, 1.82) is 0 Å². The number of halogens is 2. The van der Waals surface area contributed by atoms with Gasteiger partial charge in [-0.15, -0.1) is 0 Å². The van der Waals surface area contributed by atoms with Crippen LogP contribution in [0.2, 0.25) is 10.0 Å². The molecule has 0 radical (unpaired) electrons. The first kappa shape index (κ1) is 24.7. The lowest BCUT2D eigenvalue weighted by Crippen LogP contribution is -2.60. The fourth-order valence-electron chi connectivity index (χ4n) is 3.80. The summed E-state index contributed by atoms with van der Waals surface area (Å²) in [4.78, 5) is 13.1. The Labute approximate surface area is 203 Å². The number of phenolic OH excluding ortho intramolecular Hbond substituents is 1. The summed E-state index contributed by atoms with van der Waals surface area (Å²) in [5, 5.41) is 50.7. The van der Waals surface area contributed by atoms with E-state index in [9.17, 15) is 30.3 Å². The molecular formula is C23H22Cl2O9. The van der Waals surface area contributed by atoms with Gasteiger partial charge < -0.3 is 39.4 Å². The molecule has 1 aromatic heterocycles.